The summed E-state index contributed by atoms with van der Waals surface area (Å²) in [5, 5.41) is 7.26. The SMILES string of the molecule is CCCC(CCC)NC1=CC(C)(C)NC(Cl)=C1N. The lowest BCUT2D eigenvalue weighted by molar-refractivity contribution is 0.466. The molecule has 0 atom stereocenters. The van der Waals surface area contributed by atoms with Crippen LogP contribution in [0.4, 0.5) is 0 Å². The number of dihydropyridines is 1. The van der Waals surface area contributed by atoms with E-state index < -0.39 is 0 Å². The molecule has 1 heterocycles. The van der Waals surface area contributed by atoms with E-state index in [-0.39, 0.29) is 5.54 Å². The number of hydrogen-bond acceptors (Lipinski definition) is 3. The van der Waals surface area contributed by atoms with E-state index in [0.717, 1.165) is 18.5 Å². The summed E-state index contributed by atoms with van der Waals surface area (Å²) < 4.78 is 0. The summed E-state index contributed by atoms with van der Waals surface area (Å²) in [6.07, 6.45) is 6.77. The van der Waals surface area contributed by atoms with E-state index in [1.165, 1.54) is 12.8 Å². The molecule has 0 saturated carbocycles. The highest BCUT2D eigenvalue weighted by atomic mass is 35.5. The Morgan fingerprint density at radius 1 is 1.33 bits per heavy atom. The molecule has 0 aromatic carbocycles. The van der Waals surface area contributed by atoms with E-state index in [0.29, 0.717) is 16.9 Å². The van der Waals surface area contributed by atoms with E-state index in [9.17, 15) is 0 Å². The lowest BCUT2D eigenvalue weighted by atomic mass is 9.98. The van der Waals surface area contributed by atoms with Crippen LogP contribution in [0.1, 0.15) is 53.4 Å². The first-order valence-electron chi connectivity index (χ1n) is 6.82. The standard InChI is InChI=1S/C14H26ClN3/c1-5-7-10(8-6-2)17-11-9-14(3,4)18-13(15)12(11)16/h9-10,17-18H,5-8,16H2,1-4H3. The highest BCUT2D eigenvalue weighted by molar-refractivity contribution is 6.30. The Balaban J connectivity index is 2.82. The summed E-state index contributed by atoms with van der Waals surface area (Å²) in [7, 11) is 0. The summed E-state index contributed by atoms with van der Waals surface area (Å²) in [4.78, 5) is 0. The summed E-state index contributed by atoms with van der Waals surface area (Å²) in [5.41, 5.74) is 7.46. The van der Waals surface area contributed by atoms with Crippen molar-refractivity contribution in [3.63, 3.8) is 0 Å². The normalized spacial score (nSPS) is 18.7. The van der Waals surface area contributed by atoms with Gasteiger partial charge in [-0.25, -0.2) is 0 Å². The Morgan fingerprint density at radius 3 is 2.39 bits per heavy atom. The lowest BCUT2D eigenvalue weighted by Crippen LogP contribution is -2.43. The molecule has 0 fully saturated rings. The van der Waals surface area contributed by atoms with E-state index in [4.69, 9.17) is 17.3 Å². The minimum Gasteiger partial charge on any atom is -0.395 e. The van der Waals surface area contributed by atoms with Gasteiger partial charge in [-0.15, -0.1) is 0 Å². The zero-order chi connectivity index (χ0) is 13.8. The smallest absolute Gasteiger partial charge is 0.128 e. The van der Waals surface area contributed by atoms with Crippen LogP contribution in [0.25, 0.3) is 0 Å². The molecule has 18 heavy (non-hydrogen) atoms. The number of nitrogens with two attached hydrogens (primary N) is 1. The van der Waals surface area contributed by atoms with Gasteiger partial charge < -0.3 is 16.4 Å². The van der Waals surface area contributed by atoms with Gasteiger partial charge in [0.1, 0.15) is 5.16 Å². The Kier molecular flexibility index (Phi) is 5.39. The van der Waals surface area contributed by atoms with Crippen molar-refractivity contribution < 1.29 is 0 Å². The Hall–Kier alpha value is -0.830. The molecular weight excluding hydrogens is 246 g/mol. The third-order valence-corrected chi connectivity index (χ3v) is 3.40. The number of hydrogen-bond donors (Lipinski definition) is 3. The Morgan fingerprint density at radius 2 is 1.89 bits per heavy atom. The number of halogens is 1. The van der Waals surface area contributed by atoms with Gasteiger partial charge in [-0.05, 0) is 32.8 Å². The second-order valence-electron chi connectivity index (χ2n) is 5.55. The second-order valence-corrected chi connectivity index (χ2v) is 5.93. The highest BCUT2D eigenvalue weighted by Crippen LogP contribution is 2.23. The zero-order valence-corrected chi connectivity index (χ0v) is 12.7. The average molecular weight is 272 g/mol. The van der Waals surface area contributed by atoms with E-state index >= 15 is 0 Å². The quantitative estimate of drug-likeness (QED) is 0.651. The van der Waals surface area contributed by atoms with Crippen LogP contribution < -0.4 is 16.4 Å². The number of nitrogens with one attached hydrogen (secondary N) is 2. The molecule has 0 bridgehead atoms. The third-order valence-electron chi connectivity index (χ3n) is 3.10. The molecule has 4 N–H and O–H groups in total. The van der Waals surface area contributed by atoms with Crippen LogP contribution in [0, 0.1) is 0 Å². The van der Waals surface area contributed by atoms with Crippen molar-refractivity contribution in [3.05, 3.63) is 22.6 Å². The molecule has 104 valence electrons. The van der Waals surface area contributed by atoms with Crippen LogP contribution in [-0.2, 0) is 0 Å². The van der Waals surface area contributed by atoms with Crippen molar-refractivity contribution in [2.24, 2.45) is 5.73 Å². The fourth-order valence-electron chi connectivity index (χ4n) is 2.27. The number of rotatable bonds is 6. The topological polar surface area (TPSA) is 50.1 Å². The highest BCUT2D eigenvalue weighted by Gasteiger charge is 2.25. The van der Waals surface area contributed by atoms with Crippen molar-refractivity contribution in [2.75, 3.05) is 0 Å². The molecule has 0 aliphatic carbocycles. The first kappa shape index (κ1) is 15.2. The maximum Gasteiger partial charge on any atom is 0.128 e. The molecule has 0 saturated heterocycles. The maximum atomic E-state index is 6.15. The van der Waals surface area contributed by atoms with Gasteiger partial charge in [0.15, 0.2) is 0 Å². The third kappa shape index (κ3) is 4.13. The van der Waals surface area contributed by atoms with Crippen LogP contribution in [0.2, 0.25) is 0 Å². The molecular formula is C14H26ClN3. The second kappa shape index (κ2) is 6.37. The van der Waals surface area contributed by atoms with Crippen molar-refractivity contribution in [1.29, 1.82) is 0 Å². The summed E-state index contributed by atoms with van der Waals surface area (Å²) in [6, 6.07) is 0.475. The van der Waals surface area contributed by atoms with Crippen molar-refractivity contribution >= 4 is 11.6 Å². The van der Waals surface area contributed by atoms with Gasteiger partial charge in [0, 0.05) is 6.04 Å². The maximum absolute atomic E-state index is 6.15. The summed E-state index contributed by atoms with van der Waals surface area (Å²) in [5.74, 6) is 0. The molecule has 0 aromatic rings. The Labute approximate surface area is 116 Å². The van der Waals surface area contributed by atoms with Crippen LogP contribution >= 0.6 is 11.6 Å². The first-order valence-corrected chi connectivity index (χ1v) is 7.20. The molecule has 0 unspecified atom stereocenters. The van der Waals surface area contributed by atoms with Gasteiger partial charge in [0.2, 0.25) is 0 Å². The molecule has 0 aromatic heterocycles. The molecule has 0 radical (unpaired) electrons. The van der Waals surface area contributed by atoms with Crippen LogP contribution in [0.5, 0.6) is 0 Å². The molecule has 4 heteroatoms. The minimum absolute atomic E-state index is 0.161. The molecule has 1 aliphatic heterocycles. The van der Waals surface area contributed by atoms with E-state index in [1.807, 2.05) is 0 Å². The van der Waals surface area contributed by atoms with Crippen LogP contribution in [-0.4, -0.2) is 11.6 Å². The predicted octanol–water partition coefficient (Wildman–Crippen LogP) is 3.18. The van der Waals surface area contributed by atoms with Gasteiger partial charge in [-0.3, -0.25) is 0 Å². The van der Waals surface area contributed by atoms with E-state index in [2.05, 4.69) is 44.4 Å². The lowest BCUT2D eigenvalue weighted by Gasteiger charge is -2.32. The van der Waals surface area contributed by atoms with Gasteiger partial charge in [-0.2, -0.15) is 0 Å². The molecule has 1 aliphatic rings. The zero-order valence-electron chi connectivity index (χ0n) is 11.9. The summed E-state index contributed by atoms with van der Waals surface area (Å²) >= 11 is 6.15. The van der Waals surface area contributed by atoms with Gasteiger partial charge in [0.25, 0.3) is 0 Å². The van der Waals surface area contributed by atoms with Gasteiger partial charge in [0.05, 0.1) is 16.9 Å². The van der Waals surface area contributed by atoms with Crippen molar-refractivity contribution in [1.82, 2.24) is 10.6 Å². The van der Waals surface area contributed by atoms with Crippen LogP contribution in [0.3, 0.4) is 0 Å². The van der Waals surface area contributed by atoms with Crippen molar-refractivity contribution in [3.8, 4) is 0 Å². The van der Waals surface area contributed by atoms with Crippen molar-refractivity contribution in [2.45, 2.75) is 65.0 Å². The van der Waals surface area contributed by atoms with Gasteiger partial charge in [-0.1, -0.05) is 38.3 Å². The van der Waals surface area contributed by atoms with Crippen LogP contribution in [0.15, 0.2) is 22.6 Å². The monoisotopic (exact) mass is 271 g/mol. The fourth-order valence-corrected chi connectivity index (χ4v) is 2.61. The average Bonchev–Trinajstić information content (AvgIpc) is 2.25. The largest absolute Gasteiger partial charge is 0.395 e. The van der Waals surface area contributed by atoms with Gasteiger partial charge >= 0.3 is 0 Å². The summed E-state index contributed by atoms with van der Waals surface area (Å²) in [6.45, 7) is 8.57. The van der Waals surface area contributed by atoms with E-state index in [1.54, 1.807) is 0 Å². The minimum atomic E-state index is -0.161. The first-order chi connectivity index (χ1) is 8.39. The predicted molar refractivity (Wildman–Crippen MR) is 79.1 cm³/mol. The Bertz CT molecular complexity index is 339. The molecule has 0 spiro atoms. The fraction of sp³-hybridized carbons (Fsp3) is 0.714. The molecule has 3 nitrogen and oxygen atoms in total. The molecule has 1 rings (SSSR count). The molecule has 0 amide bonds.